The molecule has 2 atom stereocenters. The van der Waals surface area contributed by atoms with Crippen LogP contribution in [0.25, 0.3) is 0 Å². The quantitative estimate of drug-likeness (QED) is 0.434. The van der Waals surface area contributed by atoms with Gasteiger partial charge in [-0.1, -0.05) is 30.3 Å². The van der Waals surface area contributed by atoms with Crippen LogP contribution in [0, 0.1) is 0 Å². The maximum atomic E-state index is 12.8. The molecule has 192 valence electrons. The third-order valence-electron chi connectivity index (χ3n) is 5.08. The SMILES string of the molecule is COC(=O)[C@H](CC(=O)/C=C1\CC[C@@H](C(=O)OC(C)(C)C)N1Cc1ccccc1)NC(=O)C(F)(F)F. The number of alkyl halides is 3. The molecule has 0 spiro atoms. The van der Waals surface area contributed by atoms with Gasteiger partial charge in [0, 0.05) is 24.7 Å². The Morgan fingerprint density at radius 3 is 2.31 bits per heavy atom. The number of nitrogens with one attached hydrogen (secondary N) is 1. The fourth-order valence-electron chi connectivity index (χ4n) is 3.57. The molecule has 0 bridgehead atoms. The van der Waals surface area contributed by atoms with Crippen LogP contribution in [0.4, 0.5) is 13.2 Å². The van der Waals surface area contributed by atoms with Gasteiger partial charge in [-0.3, -0.25) is 9.59 Å². The van der Waals surface area contributed by atoms with Crippen LogP contribution in [0.3, 0.4) is 0 Å². The molecule has 2 rings (SSSR count). The summed E-state index contributed by atoms with van der Waals surface area (Å²) in [6, 6.07) is 6.70. The Kier molecular flexibility index (Phi) is 9.06. The van der Waals surface area contributed by atoms with E-state index in [0.717, 1.165) is 12.7 Å². The van der Waals surface area contributed by atoms with Crippen LogP contribution in [0.2, 0.25) is 0 Å². The number of carbonyl (C=O) groups excluding carboxylic acids is 4. The molecule has 0 radical (unpaired) electrons. The highest BCUT2D eigenvalue weighted by molar-refractivity contribution is 5.96. The molecular weight excluding hydrogens is 469 g/mol. The Morgan fingerprint density at radius 2 is 1.77 bits per heavy atom. The number of esters is 2. The Labute approximate surface area is 201 Å². The molecule has 35 heavy (non-hydrogen) atoms. The van der Waals surface area contributed by atoms with E-state index in [1.807, 2.05) is 30.3 Å². The molecule has 1 aromatic rings. The van der Waals surface area contributed by atoms with Gasteiger partial charge in [0.05, 0.1) is 7.11 Å². The number of ketones is 1. The first-order chi connectivity index (χ1) is 16.2. The number of methoxy groups -OCH3 is 1. The molecular formula is C24H29F3N2O6. The second-order valence-electron chi connectivity index (χ2n) is 9.05. The molecule has 1 aliphatic heterocycles. The lowest BCUT2D eigenvalue weighted by molar-refractivity contribution is -0.175. The lowest BCUT2D eigenvalue weighted by Gasteiger charge is -2.29. The summed E-state index contributed by atoms with van der Waals surface area (Å²) < 4.78 is 47.8. The van der Waals surface area contributed by atoms with E-state index in [4.69, 9.17) is 4.74 Å². The summed E-state index contributed by atoms with van der Waals surface area (Å²) in [5.74, 6) is -4.71. The molecule has 1 heterocycles. The van der Waals surface area contributed by atoms with Crippen molar-refractivity contribution in [3.63, 3.8) is 0 Å². The average molecular weight is 498 g/mol. The van der Waals surface area contributed by atoms with Crippen LogP contribution in [0.1, 0.15) is 45.6 Å². The zero-order valence-corrected chi connectivity index (χ0v) is 20.0. The summed E-state index contributed by atoms with van der Waals surface area (Å²) in [4.78, 5) is 50.4. The van der Waals surface area contributed by atoms with E-state index < -0.39 is 53.9 Å². The second-order valence-corrected chi connectivity index (χ2v) is 9.05. The van der Waals surface area contributed by atoms with Gasteiger partial charge in [0.1, 0.15) is 17.7 Å². The summed E-state index contributed by atoms with van der Waals surface area (Å²) >= 11 is 0. The van der Waals surface area contributed by atoms with Crippen molar-refractivity contribution in [2.24, 2.45) is 0 Å². The average Bonchev–Trinajstić information content (AvgIpc) is 3.13. The van der Waals surface area contributed by atoms with Crippen LogP contribution in [0.5, 0.6) is 0 Å². The summed E-state index contributed by atoms with van der Waals surface area (Å²) in [5, 5.41) is 1.49. The number of allylic oxidation sites excluding steroid dienone is 2. The molecule has 1 fully saturated rings. The highest BCUT2D eigenvalue weighted by atomic mass is 19.4. The Balaban J connectivity index is 2.26. The molecule has 0 aromatic heterocycles. The highest BCUT2D eigenvalue weighted by Gasteiger charge is 2.42. The zero-order chi connectivity index (χ0) is 26.4. The lowest BCUT2D eigenvalue weighted by Crippen LogP contribution is -2.48. The molecule has 0 unspecified atom stereocenters. The van der Waals surface area contributed by atoms with E-state index >= 15 is 0 Å². The lowest BCUT2D eigenvalue weighted by atomic mass is 10.1. The Morgan fingerprint density at radius 1 is 1.14 bits per heavy atom. The number of rotatable bonds is 8. The van der Waals surface area contributed by atoms with Crippen molar-refractivity contribution >= 4 is 23.6 Å². The minimum Gasteiger partial charge on any atom is -0.467 e. The van der Waals surface area contributed by atoms with Gasteiger partial charge in [-0.25, -0.2) is 9.59 Å². The normalized spacial score (nSPS) is 18.2. The molecule has 11 heteroatoms. The number of halogens is 3. The summed E-state index contributed by atoms with van der Waals surface area (Å²) in [7, 11) is 0.933. The van der Waals surface area contributed by atoms with Crippen molar-refractivity contribution in [2.45, 2.75) is 70.4 Å². The van der Waals surface area contributed by atoms with E-state index in [0.29, 0.717) is 18.5 Å². The van der Waals surface area contributed by atoms with Crippen molar-refractivity contribution < 1.29 is 41.8 Å². The number of hydrogen-bond donors (Lipinski definition) is 1. The van der Waals surface area contributed by atoms with E-state index in [-0.39, 0.29) is 6.54 Å². The molecule has 1 aromatic carbocycles. The van der Waals surface area contributed by atoms with Gasteiger partial charge in [-0.05, 0) is 39.2 Å². The Bertz CT molecular complexity index is 970. The van der Waals surface area contributed by atoms with Crippen LogP contribution >= 0.6 is 0 Å². The van der Waals surface area contributed by atoms with Crippen LogP contribution < -0.4 is 5.32 Å². The predicted molar refractivity (Wildman–Crippen MR) is 119 cm³/mol. The van der Waals surface area contributed by atoms with Crippen molar-refractivity contribution in [1.82, 2.24) is 10.2 Å². The number of hydrogen-bond acceptors (Lipinski definition) is 7. The van der Waals surface area contributed by atoms with Gasteiger partial charge in [-0.2, -0.15) is 13.2 Å². The first-order valence-corrected chi connectivity index (χ1v) is 10.9. The van der Waals surface area contributed by atoms with E-state index in [2.05, 4.69) is 4.74 Å². The second kappa shape index (κ2) is 11.4. The Hall–Kier alpha value is -3.37. The van der Waals surface area contributed by atoms with Gasteiger partial charge >= 0.3 is 24.0 Å². The largest absolute Gasteiger partial charge is 0.471 e. The molecule has 0 aliphatic carbocycles. The molecule has 1 saturated heterocycles. The summed E-state index contributed by atoms with van der Waals surface area (Å²) in [6.07, 6.45) is -4.09. The standard InChI is InChI=1S/C24H29F3N2O6/c1-23(2,3)35-21(32)19-11-10-16(29(19)14-15-8-6-5-7-9-15)12-17(30)13-18(20(31)34-4)28-22(33)24(25,26)27/h5-9,12,18-19H,10-11,13-14H2,1-4H3,(H,28,33)/b16-12+/t18-,19-/m0/s1. The maximum Gasteiger partial charge on any atom is 0.471 e. The molecule has 1 N–H and O–H groups in total. The van der Waals surface area contributed by atoms with E-state index in [1.165, 1.54) is 11.4 Å². The predicted octanol–water partition coefficient (Wildman–Crippen LogP) is 3.06. The smallest absolute Gasteiger partial charge is 0.467 e. The number of ether oxygens (including phenoxy) is 2. The van der Waals surface area contributed by atoms with Gasteiger partial charge in [0.25, 0.3) is 0 Å². The van der Waals surface area contributed by atoms with Crippen molar-refractivity contribution in [2.75, 3.05) is 7.11 Å². The van der Waals surface area contributed by atoms with E-state index in [1.54, 1.807) is 25.7 Å². The molecule has 1 aliphatic rings. The molecule has 1 amide bonds. The molecule has 0 saturated carbocycles. The van der Waals surface area contributed by atoms with Crippen molar-refractivity contribution in [1.29, 1.82) is 0 Å². The van der Waals surface area contributed by atoms with Crippen LogP contribution in [-0.4, -0.2) is 59.5 Å². The van der Waals surface area contributed by atoms with E-state index in [9.17, 15) is 32.3 Å². The van der Waals surface area contributed by atoms with Gasteiger partial charge in [-0.15, -0.1) is 0 Å². The first-order valence-electron chi connectivity index (χ1n) is 10.9. The monoisotopic (exact) mass is 498 g/mol. The van der Waals surface area contributed by atoms with Gasteiger partial charge < -0.3 is 19.7 Å². The zero-order valence-electron chi connectivity index (χ0n) is 20.0. The number of amides is 1. The minimum absolute atomic E-state index is 0.287. The number of benzene rings is 1. The fraction of sp³-hybridized carbons (Fsp3) is 0.500. The number of nitrogens with zero attached hydrogens (tertiary/aromatic N) is 1. The number of likely N-dealkylation sites (tertiary alicyclic amines) is 1. The fourth-order valence-corrected chi connectivity index (χ4v) is 3.57. The van der Waals surface area contributed by atoms with Gasteiger partial charge in [0.2, 0.25) is 0 Å². The summed E-state index contributed by atoms with van der Waals surface area (Å²) in [6.45, 7) is 5.51. The topological polar surface area (TPSA) is 102 Å². The maximum absolute atomic E-state index is 12.8. The van der Waals surface area contributed by atoms with Crippen molar-refractivity contribution in [3.8, 4) is 0 Å². The van der Waals surface area contributed by atoms with Crippen molar-refractivity contribution in [3.05, 3.63) is 47.7 Å². The van der Waals surface area contributed by atoms with Gasteiger partial charge in [0.15, 0.2) is 5.78 Å². The number of carbonyl (C=O) groups is 4. The third kappa shape index (κ3) is 8.41. The molecule has 8 nitrogen and oxygen atoms in total. The summed E-state index contributed by atoms with van der Waals surface area (Å²) in [5.41, 5.74) is 0.619. The highest BCUT2D eigenvalue weighted by Crippen LogP contribution is 2.31. The minimum atomic E-state index is -5.23. The van der Waals surface area contributed by atoms with Crippen LogP contribution in [-0.2, 0) is 35.2 Å². The van der Waals surface area contributed by atoms with Crippen LogP contribution in [0.15, 0.2) is 42.1 Å². The third-order valence-corrected chi connectivity index (χ3v) is 5.08. The first kappa shape index (κ1) is 27.9.